The molecule has 1 aromatic heterocycles. The highest BCUT2D eigenvalue weighted by atomic mass is 16.2. The second-order valence-electron chi connectivity index (χ2n) is 10.7. The number of aromatic nitrogens is 1. The van der Waals surface area contributed by atoms with Crippen molar-refractivity contribution in [2.75, 3.05) is 19.6 Å². The molecule has 1 aliphatic rings. The van der Waals surface area contributed by atoms with E-state index in [1.54, 1.807) is 25.3 Å². The number of piperidine rings is 1. The number of benzene rings is 2. The third-order valence-electron chi connectivity index (χ3n) is 7.45. The first-order chi connectivity index (χ1) is 18.3. The standard InChI is InChI=1S/C33H39N3O2/c1-5-26-8-15-32(34-22-26)33(38)36(31-17-20-35(21-18-31)19-16-24(2)3)23-27-6-9-29(10-7-27)30-13-11-28(12-14-30)25(4)37/h5-15,22,24,31H,1,16-21,23H2,2-4H3. The topological polar surface area (TPSA) is 53.5 Å². The molecule has 5 nitrogen and oxygen atoms in total. The van der Waals surface area contributed by atoms with Crippen molar-refractivity contribution < 1.29 is 9.59 Å². The summed E-state index contributed by atoms with van der Waals surface area (Å²) < 4.78 is 0. The molecule has 2 aromatic carbocycles. The quantitative estimate of drug-likeness (QED) is 0.284. The summed E-state index contributed by atoms with van der Waals surface area (Å²) in [4.78, 5) is 34.3. The average Bonchev–Trinajstić information content (AvgIpc) is 2.95. The molecule has 0 atom stereocenters. The van der Waals surface area contributed by atoms with Crippen LogP contribution in [0.3, 0.4) is 0 Å². The smallest absolute Gasteiger partial charge is 0.272 e. The Morgan fingerprint density at radius 2 is 1.63 bits per heavy atom. The fraction of sp³-hybridized carbons (Fsp3) is 0.364. The first kappa shape index (κ1) is 27.5. The van der Waals surface area contributed by atoms with Crippen molar-refractivity contribution in [1.82, 2.24) is 14.8 Å². The summed E-state index contributed by atoms with van der Waals surface area (Å²) in [6, 6.07) is 19.9. The molecule has 0 spiro atoms. The van der Waals surface area contributed by atoms with Gasteiger partial charge in [-0.1, -0.05) is 81.1 Å². The van der Waals surface area contributed by atoms with E-state index in [0.717, 1.165) is 54.7 Å². The number of amides is 1. The van der Waals surface area contributed by atoms with Gasteiger partial charge in [-0.25, -0.2) is 0 Å². The molecule has 1 aliphatic heterocycles. The summed E-state index contributed by atoms with van der Waals surface area (Å²) in [7, 11) is 0. The summed E-state index contributed by atoms with van der Waals surface area (Å²) in [5.74, 6) is 0.742. The molecule has 38 heavy (non-hydrogen) atoms. The van der Waals surface area contributed by atoms with E-state index >= 15 is 0 Å². The van der Waals surface area contributed by atoms with E-state index in [0.29, 0.717) is 23.7 Å². The Bertz CT molecular complexity index is 1220. The maximum Gasteiger partial charge on any atom is 0.272 e. The molecule has 0 saturated carbocycles. The van der Waals surface area contributed by atoms with Crippen LogP contribution in [0.25, 0.3) is 17.2 Å². The van der Waals surface area contributed by atoms with Crippen LogP contribution in [0.15, 0.2) is 73.4 Å². The maximum atomic E-state index is 13.7. The molecule has 1 fully saturated rings. The van der Waals surface area contributed by atoms with Crippen LogP contribution in [-0.2, 0) is 6.54 Å². The number of likely N-dealkylation sites (tertiary alicyclic amines) is 1. The Hall–Kier alpha value is -3.57. The summed E-state index contributed by atoms with van der Waals surface area (Å²) in [5, 5.41) is 0. The second-order valence-corrected chi connectivity index (χ2v) is 10.7. The molecule has 0 unspecified atom stereocenters. The van der Waals surface area contributed by atoms with Crippen molar-refractivity contribution in [2.24, 2.45) is 5.92 Å². The second kappa shape index (κ2) is 12.8. The van der Waals surface area contributed by atoms with Crippen LogP contribution in [0.1, 0.15) is 72.0 Å². The SMILES string of the molecule is C=Cc1ccc(C(=O)N(Cc2ccc(-c3ccc(C(C)=O)cc3)cc2)C2CCN(CCC(C)C)CC2)nc1. The fourth-order valence-electron chi connectivity index (χ4n) is 4.96. The van der Waals surface area contributed by atoms with Gasteiger partial charge in [0.2, 0.25) is 0 Å². The van der Waals surface area contributed by atoms with Gasteiger partial charge in [0.05, 0.1) is 0 Å². The molecular weight excluding hydrogens is 470 g/mol. The lowest BCUT2D eigenvalue weighted by atomic mass is 9.99. The number of nitrogens with zero attached hydrogens (tertiary/aromatic N) is 3. The normalized spacial score (nSPS) is 14.4. The first-order valence-electron chi connectivity index (χ1n) is 13.7. The van der Waals surface area contributed by atoms with Crippen molar-refractivity contribution in [3.05, 3.63) is 95.8 Å². The number of hydrogen-bond acceptors (Lipinski definition) is 4. The molecule has 3 aromatic rings. The summed E-state index contributed by atoms with van der Waals surface area (Å²) in [6.07, 6.45) is 6.58. The summed E-state index contributed by atoms with van der Waals surface area (Å²) in [5.41, 5.74) is 5.33. The average molecular weight is 510 g/mol. The van der Waals surface area contributed by atoms with E-state index in [1.807, 2.05) is 35.2 Å². The zero-order valence-corrected chi connectivity index (χ0v) is 22.9. The van der Waals surface area contributed by atoms with Crippen molar-refractivity contribution in [2.45, 2.75) is 52.6 Å². The summed E-state index contributed by atoms with van der Waals surface area (Å²) in [6.45, 7) is 13.6. The van der Waals surface area contributed by atoms with E-state index in [2.05, 4.69) is 54.6 Å². The Kier molecular flexibility index (Phi) is 9.24. The van der Waals surface area contributed by atoms with Gasteiger partial charge in [-0.3, -0.25) is 14.6 Å². The number of hydrogen-bond donors (Lipinski definition) is 0. The van der Waals surface area contributed by atoms with Gasteiger partial charge in [-0.05, 0) is 67.0 Å². The van der Waals surface area contributed by atoms with Gasteiger partial charge < -0.3 is 9.80 Å². The third kappa shape index (κ3) is 7.05. The minimum atomic E-state index is -0.0230. The lowest BCUT2D eigenvalue weighted by Gasteiger charge is -2.38. The Morgan fingerprint density at radius 1 is 1.00 bits per heavy atom. The predicted molar refractivity (Wildman–Crippen MR) is 155 cm³/mol. The molecule has 0 N–H and O–H groups in total. The Morgan fingerprint density at radius 3 is 2.16 bits per heavy atom. The molecule has 0 aliphatic carbocycles. The van der Waals surface area contributed by atoms with E-state index < -0.39 is 0 Å². The fourth-order valence-corrected chi connectivity index (χ4v) is 4.96. The van der Waals surface area contributed by atoms with E-state index in [-0.39, 0.29) is 17.7 Å². The van der Waals surface area contributed by atoms with Crippen molar-refractivity contribution >= 4 is 17.8 Å². The van der Waals surface area contributed by atoms with Crippen LogP contribution in [0.4, 0.5) is 0 Å². The predicted octanol–water partition coefficient (Wildman–Crippen LogP) is 6.75. The van der Waals surface area contributed by atoms with Gasteiger partial charge in [0.25, 0.3) is 5.91 Å². The van der Waals surface area contributed by atoms with Crippen LogP contribution in [0, 0.1) is 5.92 Å². The van der Waals surface area contributed by atoms with Gasteiger partial charge in [0.1, 0.15) is 5.69 Å². The van der Waals surface area contributed by atoms with Gasteiger partial charge in [0.15, 0.2) is 5.78 Å². The molecule has 2 heterocycles. The van der Waals surface area contributed by atoms with Gasteiger partial charge in [-0.15, -0.1) is 0 Å². The number of rotatable bonds is 10. The van der Waals surface area contributed by atoms with E-state index in [9.17, 15) is 9.59 Å². The van der Waals surface area contributed by atoms with Crippen molar-refractivity contribution in [3.63, 3.8) is 0 Å². The van der Waals surface area contributed by atoms with Crippen molar-refractivity contribution in [1.29, 1.82) is 0 Å². The van der Waals surface area contributed by atoms with E-state index in [4.69, 9.17) is 0 Å². The lowest BCUT2D eigenvalue weighted by molar-refractivity contribution is 0.0540. The highest BCUT2D eigenvalue weighted by Gasteiger charge is 2.29. The summed E-state index contributed by atoms with van der Waals surface area (Å²) >= 11 is 0. The molecule has 5 heteroatoms. The number of carbonyl (C=O) groups is 2. The Balaban J connectivity index is 1.51. The number of carbonyl (C=O) groups excluding carboxylic acids is 2. The monoisotopic (exact) mass is 509 g/mol. The minimum Gasteiger partial charge on any atom is -0.330 e. The number of Topliss-reactive ketones (excluding diaryl/α,β-unsaturated/α-hetero) is 1. The lowest BCUT2D eigenvalue weighted by Crippen LogP contribution is -2.47. The third-order valence-corrected chi connectivity index (χ3v) is 7.45. The Labute approximate surface area is 227 Å². The molecule has 4 rings (SSSR count). The molecule has 1 saturated heterocycles. The molecule has 0 radical (unpaired) electrons. The van der Waals surface area contributed by atoms with E-state index in [1.165, 1.54) is 6.42 Å². The minimum absolute atomic E-state index is 0.0230. The van der Waals surface area contributed by atoms with Crippen LogP contribution >= 0.6 is 0 Å². The maximum absolute atomic E-state index is 13.7. The molecule has 1 amide bonds. The first-order valence-corrected chi connectivity index (χ1v) is 13.7. The molecule has 198 valence electrons. The molecular formula is C33H39N3O2. The highest BCUT2D eigenvalue weighted by Crippen LogP contribution is 2.25. The molecule has 0 bridgehead atoms. The van der Waals surface area contributed by atoms with Crippen molar-refractivity contribution in [3.8, 4) is 11.1 Å². The van der Waals surface area contributed by atoms with Gasteiger partial charge in [0, 0.05) is 37.4 Å². The number of ketones is 1. The van der Waals surface area contributed by atoms with Crippen LogP contribution < -0.4 is 0 Å². The van der Waals surface area contributed by atoms with Crippen LogP contribution in [0.5, 0.6) is 0 Å². The number of pyridine rings is 1. The van der Waals surface area contributed by atoms with Crippen LogP contribution in [-0.4, -0.2) is 52.2 Å². The zero-order valence-electron chi connectivity index (χ0n) is 22.9. The van der Waals surface area contributed by atoms with Gasteiger partial charge in [-0.2, -0.15) is 0 Å². The zero-order chi connectivity index (χ0) is 27.1. The highest BCUT2D eigenvalue weighted by molar-refractivity contribution is 5.94. The van der Waals surface area contributed by atoms with Crippen LogP contribution in [0.2, 0.25) is 0 Å². The largest absolute Gasteiger partial charge is 0.330 e. The van der Waals surface area contributed by atoms with Gasteiger partial charge >= 0.3 is 0 Å².